The number of aromatic nitrogens is 5. The van der Waals surface area contributed by atoms with E-state index >= 15 is 0 Å². The largest absolute Gasteiger partial charge is 0.492 e. The van der Waals surface area contributed by atoms with Gasteiger partial charge in [0.05, 0.1) is 18.5 Å². The quantitative estimate of drug-likeness (QED) is 0.490. The number of pyridine rings is 1. The first-order valence-electron chi connectivity index (χ1n) is 8.42. The van der Waals surface area contributed by atoms with E-state index in [0.717, 1.165) is 0 Å². The lowest BCUT2D eigenvalue weighted by molar-refractivity contribution is 0.388. The zero-order valence-electron chi connectivity index (χ0n) is 15.4. The summed E-state index contributed by atoms with van der Waals surface area (Å²) >= 11 is 0. The van der Waals surface area contributed by atoms with E-state index in [1.807, 2.05) is 0 Å². The molecule has 0 aliphatic carbocycles. The molecule has 0 saturated carbocycles. The molecule has 3 aromatic heterocycles. The predicted octanol–water partition coefficient (Wildman–Crippen LogP) is 2.63. The molecule has 0 saturated heterocycles. The molecular weight excluding hydrogens is 365 g/mol. The van der Waals surface area contributed by atoms with Gasteiger partial charge in [0.25, 0.3) is 5.56 Å². The Bertz CT molecular complexity index is 1220. The van der Waals surface area contributed by atoms with Crippen LogP contribution in [0.5, 0.6) is 5.75 Å². The minimum absolute atomic E-state index is 0.0547. The van der Waals surface area contributed by atoms with Crippen LogP contribution in [0.2, 0.25) is 0 Å². The molecule has 0 atom stereocenters. The number of methoxy groups -OCH3 is 1. The first-order chi connectivity index (χ1) is 13.5. The van der Waals surface area contributed by atoms with Gasteiger partial charge in [-0.15, -0.1) is 0 Å². The average Bonchev–Trinajstić information content (AvgIpc) is 3.18. The van der Waals surface area contributed by atoms with Crippen molar-refractivity contribution in [2.75, 3.05) is 17.7 Å². The Labute approximate surface area is 158 Å². The average molecular weight is 383 g/mol. The fourth-order valence-electron chi connectivity index (χ4n) is 2.96. The van der Waals surface area contributed by atoms with Gasteiger partial charge in [0.15, 0.2) is 23.0 Å². The molecule has 0 unspecified atom stereocenters. The fraction of sp³-hybridized carbons (Fsp3) is 0.167. The van der Waals surface area contributed by atoms with E-state index in [9.17, 15) is 9.18 Å². The molecule has 0 spiro atoms. The lowest BCUT2D eigenvalue weighted by Crippen LogP contribution is -2.12. The van der Waals surface area contributed by atoms with Gasteiger partial charge < -0.3 is 15.4 Å². The number of nitrogens with one attached hydrogen (secondary N) is 3. The Morgan fingerprint density at radius 2 is 1.96 bits per heavy atom. The second kappa shape index (κ2) is 6.72. The molecule has 9 nitrogen and oxygen atoms in total. The zero-order chi connectivity index (χ0) is 19.8. The van der Waals surface area contributed by atoms with Crippen LogP contribution < -0.4 is 20.9 Å². The Kier molecular flexibility index (Phi) is 4.22. The highest BCUT2D eigenvalue weighted by Gasteiger charge is 2.16. The predicted molar refractivity (Wildman–Crippen MR) is 104 cm³/mol. The number of H-pyrrole nitrogens is 1. The van der Waals surface area contributed by atoms with Gasteiger partial charge in [-0.3, -0.25) is 19.3 Å². The number of fused-ring (bicyclic) bond motifs is 1. The van der Waals surface area contributed by atoms with Gasteiger partial charge in [0, 0.05) is 32.4 Å². The van der Waals surface area contributed by atoms with Crippen molar-refractivity contribution in [3.05, 3.63) is 52.7 Å². The highest BCUT2D eigenvalue weighted by Crippen LogP contribution is 2.33. The van der Waals surface area contributed by atoms with Crippen LogP contribution in [0.1, 0.15) is 0 Å². The van der Waals surface area contributed by atoms with E-state index in [4.69, 9.17) is 4.74 Å². The van der Waals surface area contributed by atoms with E-state index in [-0.39, 0.29) is 11.3 Å². The maximum atomic E-state index is 14.0. The number of nitrogens with zero attached hydrogens (tertiary/aromatic N) is 4. The molecule has 0 aliphatic heterocycles. The number of hydrogen-bond donors (Lipinski definition) is 3. The standard InChI is InChI=1S/C18H18FN7O2/c1-25-8-7-13(23-25)21-14-9-12(15-17(22-14)24-26(2)18(15)27)20-11-6-4-5-10(19)16(11)28-3/h4-9H,1-3H3,(H3,20,21,22,23,24). The van der Waals surface area contributed by atoms with Crippen LogP contribution >= 0.6 is 0 Å². The molecule has 1 aromatic carbocycles. The highest BCUT2D eigenvalue weighted by molar-refractivity contribution is 5.93. The van der Waals surface area contributed by atoms with Gasteiger partial charge in [-0.2, -0.15) is 5.10 Å². The first-order valence-corrected chi connectivity index (χ1v) is 8.42. The van der Waals surface area contributed by atoms with E-state index in [0.29, 0.717) is 34.0 Å². The number of hydrogen-bond acceptors (Lipinski definition) is 6. The van der Waals surface area contributed by atoms with Crippen LogP contribution in [0.25, 0.3) is 11.0 Å². The smallest absolute Gasteiger partial charge is 0.277 e. The Morgan fingerprint density at radius 3 is 2.68 bits per heavy atom. The van der Waals surface area contributed by atoms with Crippen LogP contribution in [-0.4, -0.2) is 31.7 Å². The Balaban J connectivity index is 1.83. The van der Waals surface area contributed by atoms with E-state index < -0.39 is 5.82 Å². The Morgan fingerprint density at radius 1 is 1.14 bits per heavy atom. The number of benzene rings is 1. The molecule has 10 heteroatoms. The van der Waals surface area contributed by atoms with Crippen molar-refractivity contribution < 1.29 is 9.13 Å². The lowest BCUT2D eigenvalue weighted by atomic mass is 10.2. The van der Waals surface area contributed by atoms with Gasteiger partial charge in [-0.1, -0.05) is 6.07 Å². The summed E-state index contributed by atoms with van der Waals surface area (Å²) < 4.78 is 22.2. The minimum atomic E-state index is -0.508. The van der Waals surface area contributed by atoms with Crippen molar-refractivity contribution in [2.45, 2.75) is 0 Å². The maximum Gasteiger partial charge on any atom is 0.277 e. The number of aryl methyl sites for hydroxylation is 2. The van der Waals surface area contributed by atoms with Crippen molar-refractivity contribution in [1.82, 2.24) is 24.5 Å². The lowest BCUT2D eigenvalue weighted by Gasteiger charge is -2.13. The summed E-state index contributed by atoms with van der Waals surface area (Å²) in [6.07, 6.45) is 1.79. The van der Waals surface area contributed by atoms with E-state index in [1.165, 1.54) is 17.9 Å². The van der Waals surface area contributed by atoms with Crippen molar-refractivity contribution in [1.29, 1.82) is 0 Å². The van der Waals surface area contributed by atoms with Crippen LogP contribution in [0.15, 0.2) is 41.3 Å². The molecule has 144 valence electrons. The molecule has 3 heterocycles. The van der Waals surface area contributed by atoms with Gasteiger partial charge in [0.2, 0.25) is 0 Å². The monoisotopic (exact) mass is 383 g/mol. The SMILES string of the molecule is COc1c(F)cccc1Nc1cc(Nc2ccn(C)n2)nc2[nH]n(C)c(=O)c12. The summed E-state index contributed by atoms with van der Waals surface area (Å²) in [5.74, 6) is 0.610. The number of rotatable bonds is 5. The fourth-order valence-corrected chi connectivity index (χ4v) is 2.96. The molecule has 3 N–H and O–H groups in total. The summed E-state index contributed by atoms with van der Waals surface area (Å²) in [7, 11) is 4.79. The van der Waals surface area contributed by atoms with Crippen LogP contribution in [0.3, 0.4) is 0 Å². The van der Waals surface area contributed by atoms with Gasteiger partial charge in [-0.05, 0) is 12.1 Å². The summed E-state index contributed by atoms with van der Waals surface area (Å²) in [4.78, 5) is 17.0. The molecule has 0 aliphatic rings. The minimum Gasteiger partial charge on any atom is -0.492 e. The number of anilines is 4. The Hall–Kier alpha value is -3.82. The first kappa shape index (κ1) is 17.6. The van der Waals surface area contributed by atoms with Crippen LogP contribution in [0.4, 0.5) is 27.4 Å². The second-order valence-corrected chi connectivity index (χ2v) is 6.20. The maximum absolute atomic E-state index is 14.0. The molecule has 0 bridgehead atoms. The highest BCUT2D eigenvalue weighted by atomic mass is 19.1. The number of halogens is 1. The summed E-state index contributed by atoms with van der Waals surface area (Å²) in [5.41, 5.74) is 0.965. The van der Waals surface area contributed by atoms with Gasteiger partial charge >= 0.3 is 0 Å². The molecule has 0 amide bonds. The third-order valence-corrected chi connectivity index (χ3v) is 4.22. The molecule has 4 aromatic rings. The summed E-state index contributed by atoms with van der Waals surface area (Å²) in [5, 5.41) is 13.7. The van der Waals surface area contributed by atoms with Gasteiger partial charge in [-0.25, -0.2) is 9.37 Å². The molecule has 0 radical (unpaired) electrons. The van der Waals surface area contributed by atoms with Gasteiger partial charge in [0.1, 0.15) is 11.2 Å². The number of ether oxygens (including phenoxy) is 1. The van der Waals surface area contributed by atoms with E-state index in [1.54, 1.807) is 49.2 Å². The van der Waals surface area contributed by atoms with Crippen LogP contribution in [-0.2, 0) is 14.1 Å². The summed E-state index contributed by atoms with van der Waals surface area (Å²) in [6, 6.07) is 7.98. The zero-order valence-corrected chi connectivity index (χ0v) is 15.4. The van der Waals surface area contributed by atoms with Crippen molar-refractivity contribution in [3.63, 3.8) is 0 Å². The van der Waals surface area contributed by atoms with Crippen molar-refractivity contribution in [2.24, 2.45) is 14.1 Å². The number of para-hydroxylation sites is 1. The third kappa shape index (κ3) is 3.04. The topological polar surface area (TPSA) is 102 Å². The van der Waals surface area contributed by atoms with Crippen molar-refractivity contribution in [3.8, 4) is 5.75 Å². The molecule has 0 fully saturated rings. The number of aromatic amines is 1. The molecule has 28 heavy (non-hydrogen) atoms. The van der Waals surface area contributed by atoms with Crippen molar-refractivity contribution >= 4 is 34.0 Å². The second-order valence-electron chi connectivity index (χ2n) is 6.20. The molecule has 4 rings (SSSR count). The van der Waals surface area contributed by atoms with E-state index in [2.05, 4.69) is 25.8 Å². The normalized spacial score (nSPS) is 11.0. The summed E-state index contributed by atoms with van der Waals surface area (Å²) in [6.45, 7) is 0. The van der Waals surface area contributed by atoms with Crippen LogP contribution in [0, 0.1) is 5.82 Å². The third-order valence-electron chi connectivity index (χ3n) is 4.22. The molecular formula is C18H18FN7O2.